The number of thiophene rings is 1. The van der Waals surface area contributed by atoms with Crippen LogP contribution in [0.15, 0.2) is 23.6 Å². The zero-order valence-corrected chi connectivity index (χ0v) is 15.1. The standard InChI is InChI=1S/C20H27NO2S/c1-13(8-14-2-3-14)9-15-10-18(15)19-11-16(12-24-19)20(22)21-17-4-6-23-7-5-17/h11-12,14-15,17-18H,1-10H2,(H,21,22). The van der Waals surface area contributed by atoms with Gasteiger partial charge in [0, 0.05) is 29.5 Å². The molecule has 1 aliphatic heterocycles. The van der Waals surface area contributed by atoms with E-state index in [1.54, 1.807) is 11.3 Å². The van der Waals surface area contributed by atoms with Crippen molar-refractivity contribution in [2.75, 3.05) is 13.2 Å². The van der Waals surface area contributed by atoms with Gasteiger partial charge in [-0.2, -0.15) is 0 Å². The quantitative estimate of drug-likeness (QED) is 0.739. The first-order valence-electron chi connectivity index (χ1n) is 9.32. The van der Waals surface area contributed by atoms with E-state index in [2.05, 4.69) is 18.0 Å². The van der Waals surface area contributed by atoms with Gasteiger partial charge in [0.25, 0.3) is 5.91 Å². The Hall–Kier alpha value is -1.13. The maximum Gasteiger partial charge on any atom is 0.252 e. The number of hydrogen-bond acceptors (Lipinski definition) is 3. The molecule has 3 aliphatic rings. The minimum atomic E-state index is 0.0831. The first-order chi connectivity index (χ1) is 11.7. The number of rotatable bonds is 7. The third-order valence-corrected chi connectivity index (χ3v) is 6.62. The van der Waals surface area contributed by atoms with Crippen molar-refractivity contribution in [1.29, 1.82) is 0 Å². The van der Waals surface area contributed by atoms with Crippen molar-refractivity contribution in [2.24, 2.45) is 11.8 Å². The maximum absolute atomic E-state index is 12.4. The normalized spacial score (nSPS) is 27.0. The van der Waals surface area contributed by atoms with E-state index in [0.717, 1.165) is 43.5 Å². The van der Waals surface area contributed by atoms with Crippen LogP contribution in [0.4, 0.5) is 0 Å². The second-order valence-corrected chi connectivity index (χ2v) is 8.74. The third-order valence-electron chi connectivity index (χ3n) is 5.55. The van der Waals surface area contributed by atoms with Crippen molar-refractivity contribution in [3.8, 4) is 0 Å². The van der Waals surface area contributed by atoms with E-state index < -0.39 is 0 Å². The average Bonchev–Trinajstić information content (AvgIpc) is 3.48. The Kier molecular flexibility index (Phi) is 4.77. The maximum atomic E-state index is 12.4. The molecular formula is C20H27NO2S. The number of nitrogens with one attached hydrogen (secondary N) is 1. The summed E-state index contributed by atoms with van der Waals surface area (Å²) in [5.41, 5.74) is 2.28. The molecule has 0 aromatic carbocycles. The molecule has 0 spiro atoms. The van der Waals surface area contributed by atoms with Gasteiger partial charge in [0.1, 0.15) is 0 Å². The van der Waals surface area contributed by atoms with E-state index in [1.165, 1.54) is 42.6 Å². The number of hydrogen-bond donors (Lipinski definition) is 1. The summed E-state index contributed by atoms with van der Waals surface area (Å²) < 4.78 is 5.35. The predicted octanol–water partition coefficient (Wildman–Crippen LogP) is 4.51. The van der Waals surface area contributed by atoms with Crippen LogP contribution >= 0.6 is 11.3 Å². The molecule has 2 atom stereocenters. The SMILES string of the molecule is C=C(CC1CC1)CC1CC1c1cc(C(=O)NC2CCOCC2)cs1. The van der Waals surface area contributed by atoms with E-state index in [9.17, 15) is 4.79 Å². The summed E-state index contributed by atoms with van der Waals surface area (Å²) in [5, 5.41) is 5.18. The summed E-state index contributed by atoms with van der Waals surface area (Å²) >= 11 is 1.75. The topological polar surface area (TPSA) is 38.3 Å². The van der Waals surface area contributed by atoms with Crippen molar-refractivity contribution in [3.63, 3.8) is 0 Å². The number of carbonyl (C=O) groups is 1. The predicted molar refractivity (Wildman–Crippen MR) is 97.6 cm³/mol. The van der Waals surface area contributed by atoms with Crippen LogP contribution in [-0.4, -0.2) is 25.2 Å². The van der Waals surface area contributed by atoms with Crippen LogP contribution in [0.25, 0.3) is 0 Å². The molecule has 1 saturated heterocycles. The fraction of sp³-hybridized carbons (Fsp3) is 0.650. The van der Waals surface area contributed by atoms with Crippen LogP contribution in [-0.2, 0) is 4.74 Å². The molecule has 2 saturated carbocycles. The third kappa shape index (κ3) is 4.09. The summed E-state index contributed by atoms with van der Waals surface area (Å²) in [5.74, 6) is 2.45. The molecule has 4 rings (SSSR count). The molecule has 1 aromatic heterocycles. The van der Waals surface area contributed by atoms with Crippen LogP contribution in [0.1, 0.15) is 66.1 Å². The van der Waals surface area contributed by atoms with E-state index >= 15 is 0 Å². The van der Waals surface area contributed by atoms with Crippen molar-refractivity contribution in [3.05, 3.63) is 34.0 Å². The molecule has 0 bridgehead atoms. The summed E-state index contributed by atoms with van der Waals surface area (Å²) in [4.78, 5) is 13.8. The summed E-state index contributed by atoms with van der Waals surface area (Å²) in [7, 11) is 0. The van der Waals surface area contributed by atoms with Crippen LogP contribution < -0.4 is 5.32 Å². The lowest BCUT2D eigenvalue weighted by atomic mass is 10.0. The van der Waals surface area contributed by atoms with Crippen molar-refractivity contribution < 1.29 is 9.53 Å². The second-order valence-electron chi connectivity index (χ2n) is 7.80. The Morgan fingerprint density at radius 3 is 2.79 bits per heavy atom. The van der Waals surface area contributed by atoms with E-state index in [0.29, 0.717) is 5.92 Å². The lowest BCUT2D eigenvalue weighted by Gasteiger charge is -2.22. The fourth-order valence-corrected chi connectivity index (χ4v) is 4.88. The van der Waals surface area contributed by atoms with Gasteiger partial charge in [-0.25, -0.2) is 0 Å². The highest BCUT2D eigenvalue weighted by Gasteiger charge is 2.40. The van der Waals surface area contributed by atoms with Crippen molar-refractivity contribution in [1.82, 2.24) is 5.32 Å². The van der Waals surface area contributed by atoms with Crippen molar-refractivity contribution >= 4 is 17.2 Å². The highest BCUT2D eigenvalue weighted by Crippen LogP contribution is 2.53. The molecule has 1 aromatic rings. The monoisotopic (exact) mass is 345 g/mol. The van der Waals surface area contributed by atoms with Gasteiger partial charge in [-0.05, 0) is 68.8 Å². The molecule has 1 amide bonds. The van der Waals surface area contributed by atoms with E-state index in [4.69, 9.17) is 4.74 Å². The van der Waals surface area contributed by atoms with Gasteiger partial charge in [0.15, 0.2) is 0 Å². The van der Waals surface area contributed by atoms with E-state index in [-0.39, 0.29) is 11.9 Å². The molecule has 1 N–H and O–H groups in total. The number of allylic oxidation sites excluding steroid dienone is 1. The Labute approximate surface area is 148 Å². The fourth-order valence-electron chi connectivity index (χ4n) is 3.78. The zero-order valence-electron chi connectivity index (χ0n) is 14.3. The van der Waals surface area contributed by atoms with Gasteiger partial charge in [0.05, 0.1) is 5.56 Å². The number of carbonyl (C=O) groups excluding carboxylic acids is 1. The van der Waals surface area contributed by atoms with Gasteiger partial charge in [-0.1, -0.05) is 12.2 Å². The minimum absolute atomic E-state index is 0.0831. The average molecular weight is 346 g/mol. The van der Waals surface area contributed by atoms with Gasteiger partial charge in [0.2, 0.25) is 0 Å². The molecule has 130 valence electrons. The highest BCUT2D eigenvalue weighted by atomic mass is 32.1. The molecule has 0 radical (unpaired) electrons. The van der Waals surface area contributed by atoms with Crippen molar-refractivity contribution in [2.45, 2.75) is 56.9 Å². The van der Waals surface area contributed by atoms with Crippen LogP contribution in [0.3, 0.4) is 0 Å². The Morgan fingerprint density at radius 1 is 1.25 bits per heavy atom. The summed E-state index contributed by atoms with van der Waals surface area (Å²) in [6.07, 6.45) is 8.36. The molecule has 24 heavy (non-hydrogen) atoms. The molecule has 3 nitrogen and oxygen atoms in total. The molecule has 2 heterocycles. The van der Waals surface area contributed by atoms with Crippen LogP contribution in [0.5, 0.6) is 0 Å². The first-order valence-corrected chi connectivity index (χ1v) is 10.2. The van der Waals surface area contributed by atoms with E-state index in [1.807, 2.05) is 5.38 Å². The lowest BCUT2D eigenvalue weighted by molar-refractivity contribution is 0.0696. The first kappa shape index (κ1) is 16.3. The van der Waals surface area contributed by atoms with Gasteiger partial charge in [-0.3, -0.25) is 4.79 Å². The lowest BCUT2D eigenvalue weighted by Crippen LogP contribution is -2.38. The largest absolute Gasteiger partial charge is 0.381 e. The Bertz CT molecular complexity index is 613. The van der Waals surface area contributed by atoms with Crippen LogP contribution in [0.2, 0.25) is 0 Å². The minimum Gasteiger partial charge on any atom is -0.381 e. The highest BCUT2D eigenvalue weighted by molar-refractivity contribution is 7.10. The smallest absolute Gasteiger partial charge is 0.252 e. The van der Waals surface area contributed by atoms with Gasteiger partial charge in [-0.15, -0.1) is 11.3 Å². The molecule has 2 unspecified atom stereocenters. The Morgan fingerprint density at radius 2 is 2.04 bits per heavy atom. The van der Waals surface area contributed by atoms with Gasteiger partial charge < -0.3 is 10.1 Å². The molecular weight excluding hydrogens is 318 g/mol. The molecule has 2 aliphatic carbocycles. The van der Waals surface area contributed by atoms with Gasteiger partial charge >= 0.3 is 0 Å². The number of ether oxygens (including phenoxy) is 1. The zero-order chi connectivity index (χ0) is 16.5. The summed E-state index contributed by atoms with van der Waals surface area (Å²) in [6, 6.07) is 2.39. The second kappa shape index (κ2) is 7.01. The molecule has 3 fully saturated rings. The summed E-state index contributed by atoms with van der Waals surface area (Å²) in [6.45, 7) is 5.79. The number of amides is 1. The van der Waals surface area contributed by atoms with Crippen LogP contribution in [0, 0.1) is 11.8 Å². The Balaban J connectivity index is 1.27. The molecule has 4 heteroatoms.